The van der Waals surface area contributed by atoms with Crippen LogP contribution in [-0.2, 0) is 11.2 Å². The van der Waals surface area contributed by atoms with Crippen molar-refractivity contribution in [1.29, 1.82) is 0 Å². The fourth-order valence-corrected chi connectivity index (χ4v) is 2.11. The molecule has 1 fully saturated rings. The number of hydrogen-bond donors (Lipinski definition) is 1. The quantitative estimate of drug-likeness (QED) is 0.787. The lowest BCUT2D eigenvalue weighted by Gasteiger charge is -2.21. The second kappa shape index (κ2) is 4.36. The second-order valence-electron chi connectivity index (χ2n) is 4.42. The Morgan fingerprint density at radius 3 is 2.88 bits per heavy atom. The van der Waals surface area contributed by atoms with Crippen molar-refractivity contribution in [2.75, 3.05) is 13.2 Å². The molecule has 1 unspecified atom stereocenters. The van der Waals surface area contributed by atoms with E-state index in [2.05, 4.69) is 0 Å². The summed E-state index contributed by atoms with van der Waals surface area (Å²) in [6, 6.07) is 7.43. The highest BCUT2D eigenvalue weighted by Crippen LogP contribution is 2.25. The van der Waals surface area contributed by atoms with Gasteiger partial charge in [-0.15, -0.1) is 0 Å². The maximum absolute atomic E-state index is 11.4. The molecule has 3 nitrogen and oxygen atoms in total. The van der Waals surface area contributed by atoms with Crippen molar-refractivity contribution in [3.05, 3.63) is 35.4 Å². The Kier molecular flexibility index (Phi) is 3.08. The van der Waals surface area contributed by atoms with Crippen LogP contribution in [0, 0.1) is 0 Å². The molecule has 1 aromatic carbocycles. The molecule has 2 rings (SSSR count). The molecule has 0 saturated carbocycles. The molecular formula is C13H16O3. The van der Waals surface area contributed by atoms with Gasteiger partial charge in [-0.05, 0) is 12.5 Å². The van der Waals surface area contributed by atoms with E-state index in [1.807, 2.05) is 18.2 Å². The van der Waals surface area contributed by atoms with Crippen molar-refractivity contribution in [3.63, 3.8) is 0 Å². The summed E-state index contributed by atoms with van der Waals surface area (Å²) in [6.07, 6.45) is 1.13. The average Bonchev–Trinajstić information content (AvgIpc) is 2.65. The van der Waals surface area contributed by atoms with E-state index in [1.165, 1.54) is 0 Å². The number of rotatable bonds is 3. The minimum absolute atomic E-state index is 0.0399. The van der Waals surface area contributed by atoms with E-state index < -0.39 is 5.60 Å². The predicted molar refractivity (Wildman–Crippen MR) is 60.5 cm³/mol. The fourth-order valence-electron chi connectivity index (χ4n) is 2.11. The Labute approximate surface area is 95.0 Å². The van der Waals surface area contributed by atoms with Gasteiger partial charge in [0.05, 0.1) is 12.2 Å². The summed E-state index contributed by atoms with van der Waals surface area (Å²) >= 11 is 0. The summed E-state index contributed by atoms with van der Waals surface area (Å²) in [7, 11) is 0. The van der Waals surface area contributed by atoms with E-state index in [0.29, 0.717) is 31.6 Å². The van der Waals surface area contributed by atoms with Gasteiger partial charge in [0, 0.05) is 25.0 Å². The van der Waals surface area contributed by atoms with Crippen LogP contribution in [0.5, 0.6) is 0 Å². The van der Waals surface area contributed by atoms with Crippen LogP contribution in [0.25, 0.3) is 0 Å². The Bertz CT molecular complexity index is 392. The summed E-state index contributed by atoms with van der Waals surface area (Å²) in [5, 5.41) is 10.2. The third-order valence-corrected chi connectivity index (χ3v) is 3.00. The Morgan fingerprint density at radius 2 is 2.25 bits per heavy atom. The fraction of sp³-hybridized carbons (Fsp3) is 0.462. The van der Waals surface area contributed by atoms with Crippen molar-refractivity contribution >= 4 is 5.78 Å². The highest BCUT2D eigenvalue weighted by Gasteiger charge is 2.33. The summed E-state index contributed by atoms with van der Waals surface area (Å²) in [6.45, 7) is 2.51. The first-order valence-electron chi connectivity index (χ1n) is 5.50. The normalized spacial score (nSPS) is 24.6. The first kappa shape index (κ1) is 11.3. The van der Waals surface area contributed by atoms with E-state index in [0.717, 1.165) is 5.56 Å². The zero-order valence-corrected chi connectivity index (χ0v) is 9.40. The highest BCUT2D eigenvalue weighted by atomic mass is 16.5. The lowest BCUT2D eigenvalue weighted by molar-refractivity contribution is 0.0269. The van der Waals surface area contributed by atoms with Crippen LogP contribution in [0.2, 0.25) is 0 Å². The van der Waals surface area contributed by atoms with E-state index in [-0.39, 0.29) is 5.78 Å². The molecule has 1 aromatic rings. The molecular weight excluding hydrogens is 204 g/mol. The van der Waals surface area contributed by atoms with Crippen LogP contribution in [-0.4, -0.2) is 29.7 Å². The summed E-state index contributed by atoms with van der Waals surface area (Å²) in [4.78, 5) is 11.4. The number of benzene rings is 1. The van der Waals surface area contributed by atoms with Crippen LogP contribution >= 0.6 is 0 Å². The maximum atomic E-state index is 11.4. The van der Waals surface area contributed by atoms with Gasteiger partial charge in [-0.25, -0.2) is 0 Å². The summed E-state index contributed by atoms with van der Waals surface area (Å²) in [5.74, 6) is 0.0399. The average molecular weight is 220 g/mol. The second-order valence-corrected chi connectivity index (χ2v) is 4.42. The first-order chi connectivity index (χ1) is 7.61. The first-order valence-corrected chi connectivity index (χ1v) is 5.50. The number of hydrogen-bond acceptors (Lipinski definition) is 3. The van der Waals surface area contributed by atoms with Gasteiger partial charge in [-0.1, -0.05) is 24.3 Å². The number of ketones is 1. The number of carbonyl (C=O) groups is 1. The minimum atomic E-state index is -0.800. The molecule has 86 valence electrons. The molecule has 0 radical (unpaired) electrons. The third-order valence-electron chi connectivity index (χ3n) is 3.00. The van der Waals surface area contributed by atoms with E-state index in [1.54, 1.807) is 13.0 Å². The minimum Gasteiger partial charge on any atom is -0.387 e. The van der Waals surface area contributed by atoms with Crippen LogP contribution < -0.4 is 0 Å². The molecule has 0 spiro atoms. The number of Topliss-reactive ketones (excluding diaryl/α,β-unsaturated/α-hetero) is 1. The predicted octanol–water partition coefficient (Wildman–Crippen LogP) is 1.58. The van der Waals surface area contributed by atoms with Gasteiger partial charge in [0.2, 0.25) is 0 Å². The number of carbonyl (C=O) groups excluding carboxylic acids is 1. The molecule has 1 aliphatic rings. The molecule has 1 atom stereocenters. The number of ether oxygens (including phenoxy) is 1. The molecule has 0 amide bonds. The number of aliphatic hydroxyl groups is 1. The smallest absolute Gasteiger partial charge is 0.160 e. The zero-order valence-electron chi connectivity index (χ0n) is 9.40. The topological polar surface area (TPSA) is 46.5 Å². The van der Waals surface area contributed by atoms with Crippen LogP contribution in [0.4, 0.5) is 0 Å². The van der Waals surface area contributed by atoms with Crippen molar-refractivity contribution in [1.82, 2.24) is 0 Å². The molecule has 0 bridgehead atoms. The maximum Gasteiger partial charge on any atom is 0.160 e. The van der Waals surface area contributed by atoms with Crippen molar-refractivity contribution in [2.45, 2.75) is 25.4 Å². The van der Waals surface area contributed by atoms with Gasteiger partial charge in [-0.2, -0.15) is 0 Å². The standard InChI is InChI=1S/C13H16O3/c1-10(14)12-5-3-2-4-11(12)8-13(15)6-7-16-9-13/h2-5,15H,6-9H2,1H3. The van der Waals surface area contributed by atoms with Gasteiger partial charge in [0.1, 0.15) is 0 Å². The lowest BCUT2D eigenvalue weighted by Crippen LogP contribution is -2.32. The SMILES string of the molecule is CC(=O)c1ccccc1CC1(O)CCOC1. The molecule has 0 aliphatic carbocycles. The van der Waals surface area contributed by atoms with Gasteiger partial charge in [0.25, 0.3) is 0 Å². The molecule has 1 saturated heterocycles. The lowest BCUT2D eigenvalue weighted by atomic mass is 9.90. The van der Waals surface area contributed by atoms with Crippen LogP contribution in [0.1, 0.15) is 29.3 Å². The van der Waals surface area contributed by atoms with Crippen LogP contribution in [0.15, 0.2) is 24.3 Å². The molecule has 3 heteroatoms. The van der Waals surface area contributed by atoms with Gasteiger partial charge in [-0.3, -0.25) is 4.79 Å². The van der Waals surface area contributed by atoms with E-state index in [4.69, 9.17) is 4.74 Å². The Morgan fingerprint density at radius 1 is 1.50 bits per heavy atom. The zero-order chi connectivity index (χ0) is 11.6. The largest absolute Gasteiger partial charge is 0.387 e. The monoisotopic (exact) mass is 220 g/mol. The van der Waals surface area contributed by atoms with Gasteiger partial charge >= 0.3 is 0 Å². The van der Waals surface area contributed by atoms with Gasteiger partial charge in [0.15, 0.2) is 5.78 Å². The molecule has 1 heterocycles. The Balaban J connectivity index is 2.23. The third kappa shape index (κ3) is 2.31. The molecule has 16 heavy (non-hydrogen) atoms. The van der Waals surface area contributed by atoms with E-state index in [9.17, 15) is 9.90 Å². The highest BCUT2D eigenvalue weighted by molar-refractivity contribution is 5.95. The van der Waals surface area contributed by atoms with E-state index >= 15 is 0 Å². The summed E-state index contributed by atoms with van der Waals surface area (Å²) < 4.78 is 5.20. The van der Waals surface area contributed by atoms with Crippen LogP contribution in [0.3, 0.4) is 0 Å². The molecule has 0 aromatic heterocycles. The van der Waals surface area contributed by atoms with Crippen molar-refractivity contribution < 1.29 is 14.6 Å². The Hall–Kier alpha value is -1.19. The van der Waals surface area contributed by atoms with Crippen molar-refractivity contribution in [3.8, 4) is 0 Å². The van der Waals surface area contributed by atoms with Crippen molar-refractivity contribution in [2.24, 2.45) is 0 Å². The van der Waals surface area contributed by atoms with Gasteiger partial charge < -0.3 is 9.84 Å². The summed E-state index contributed by atoms with van der Waals surface area (Å²) in [5.41, 5.74) is 0.803. The molecule has 1 aliphatic heterocycles. The molecule has 1 N–H and O–H groups in total.